The van der Waals surface area contributed by atoms with Crippen LogP contribution in [0.3, 0.4) is 0 Å². The van der Waals surface area contributed by atoms with Gasteiger partial charge >= 0.3 is 5.97 Å². The Balaban J connectivity index is 3.59. The molecule has 0 heterocycles. The molecule has 0 saturated heterocycles. The summed E-state index contributed by atoms with van der Waals surface area (Å²) in [4.78, 5) is 10.4. The second-order valence-electron chi connectivity index (χ2n) is 3.23. The quantitative estimate of drug-likeness (QED) is 0.398. The minimum absolute atomic E-state index is 0.0107. The van der Waals surface area contributed by atoms with Crippen molar-refractivity contribution in [2.24, 2.45) is 0 Å². The molecule has 0 unspecified atom stereocenters. The molecule has 0 N–H and O–H groups in total. The van der Waals surface area contributed by atoms with Gasteiger partial charge < -0.3 is 4.74 Å². The van der Waals surface area contributed by atoms with Crippen LogP contribution in [0.25, 0.3) is 0 Å². The summed E-state index contributed by atoms with van der Waals surface area (Å²) in [6.45, 7) is 5.33. The maximum atomic E-state index is 13.0. The van der Waals surface area contributed by atoms with Crippen LogP contribution in [-0.4, -0.2) is 18.3 Å². The number of carbonyl (C=O) groups is 1. The van der Waals surface area contributed by atoms with E-state index in [2.05, 4.69) is 10.8 Å². The second-order valence-corrected chi connectivity index (χ2v) is 4.32. The zero-order chi connectivity index (χ0) is 11.7. The molecule has 0 aromatic carbocycles. The van der Waals surface area contributed by atoms with Crippen molar-refractivity contribution >= 4 is 17.7 Å². The number of carbonyl (C=O) groups excluding carboxylic acids is 1. The predicted octanol–water partition coefficient (Wildman–Crippen LogP) is 3.45. The van der Waals surface area contributed by atoms with Crippen molar-refractivity contribution in [2.75, 3.05) is 12.4 Å². The normalized spacial score (nSPS) is 11.1. The molecular formula is C11H17FO2S. The summed E-state index contributed by atoms with van der Waals surface area (Å²) >= 11 is 1.13. The fourth-order valence-electron chi connectivity index (χ4n) is 0.787. The number of hydrogen-bond acceptors (Lipinski definition) is 3. The van der Waals surface area contributed by atoms with Crippen LogP contribution < -0.4 is 0 Å². The smallest absolute Gasteiger partial charge is 0.302 e. The van der Waals surface area contributed by atoms with Crippen LogP contribution in [0.4, 0.5) is 4.39 Å². The third kappa shape index (κ3) is 11.2. The lowest BCUT2D eigenvalue weighted by atomic mass is 10.3. The SMILES string of the molecule is CC(=O)OCC=C(F)SCCC=C(C)C. The first-order valence-corrected chi connectivity index (χ1v) is 5.76. The third-order valence-electron chi connectivity index (χ3n) is 1.44. The maximum Gasteiger partial charge on any atom is 0.302 e. The zero-order valence-electron chi connectivity index (χ0n) is 9.38. The Bertz CT molecular complexity index is 255. The molecule has 0 amide bonds. The molecular weight excluding hydrogens is 215 g/mol. The van der Waals surface area contributed by atoms with Gasteiger partial charge in [-0.1, -0.05) is 23.4 Å². The van der Waals surface area contributed by atoms with Crippen molar-refractivity contribution in [3.63, 3.8) is 0 Å². The van der Waals surface area contributed by atoms with E-state index in [0.717, 1.165) is 18.2 Å². The van der Waals surface area contributed by atoms with Crippen molar-refractivity contribution in [3.8, 4) is 0 Å². The highest BCUT2D eigenvalue weighted by Gasteiger charge is 1.96. The van der Waals surface area contributed by atoms with Gasteiger partial charge in [0.1, 0.15) is 6.61 Å². The summed E-state index contributed by atoms with van der Waals surface area (Å²) in [6.07, 6.45) is 4.18. The summed E-state index contributed by atoms with van der Waals surface area (Å²) in [6, 6.07) is 0. The molecule has 0 rings (SSSR count). The van der Waals surface area contributed by atoms with E-state index in [9.17, 15) is 9.18 Å². The van der Waals surface area contributed by atoms with E-state index in [-0.39, 0.29) is 11.8 Å². The van der Waals surface area contributed by atoms with Crippen LogP contribution in [-0.2, 0) is 9.53 Å². The van der Waals surface area contributed by atoms with E-state index in [4.69, 9.17) is 0 Å². The summed E-state index contributed by atoms with van der Waals surface area (Å²) in [5, 5.41) is -0.293. The van der Waals surface area contributed by atoms with Gasteiger partial charge in [-0.3, -0.25) is 4.79 Å². The summed E-state index contributed by atoms with van der Waals surface area (Å²) in [5.74, 6) is 0.307. The average Bonchev–Trinajstić information content (AvgIpc) is 2.11. The Kier molecular flexibility index (Phi) is 8.09. The number of ether oxygens (including phenoxy) is 1. The minimum Gasteiger partial charge on any atom is -0.462 e. The van der Waals surface area contributed by atoms with Gasteiger partial charge in [0.15, 0.2) is 5.16 Å². The summed E-state index contributed by atoms with van der Waals surface area (Å²) in [7, 11) is 0. The van der Waals surface area contributed by atoms with Crippen molar-refractivity contribution in [1.29, 1.82) is 0 Å². The molecule has 0 spiro atoms. The Hall–Kier alpha value is -0.770. The van der Waals surface area contributed by atoms with Crippen LogP contribution in [0.2, 0.25) is 0 Å². The van der Waals surface area contributed by atoms with E-state index in [1.165, 1.54) is 18.6 Å². The van der Waals surface area contributed by atoms with Gasteiger partial charge in [-0.05, 0) is 26.3 Å². The highest BCUT2D eigenvalue weighted by Crippen LogP contribution is 2.17. The van der Waals surface area contributed by atoms with Gasteiger partial charge in [-0.25, -0.2) is 0 Å². The number of esters is 1. The zero-order valence-corrected chi connectivity index (χ0v) is 10.2. The fourth-order valence-corrected chi connectivity index (χ4v) is 1.40. The molecule has 0 fully saturated rings. The van der Waals surface area contributed by atoms with Gasteiger partial charge in [-0.15, -0.1) is 0 Å². The largest absolute Gasteiger partial charge is 0.462 e. The lowest BCUT2D eigenvalue weighted by Gasteiger charge is -1.98. The first-order valence-electron chi connectivity index (χ1n) is 4.77. The van der Waals surface area contributed by atoms with Crippen LogP contribution in [0.15, 0.2) is 22.9 Å². The molecule has 0 aliphatic rings. The number of allylic oxidation sites excluding steroid dienone is 2. The minimum atomic E-state index is -0.395. The highest BCUT2D eigenvalue weighted by atomic mass is 32.2. The van der Waals surface area contributed by atoms with Crippen molar-refractivity contribution in [2.45, 2.75) is 27.2 Å². The van der Waals surface area contributed by atoms with E-state index in [0.29, 0.717) is 5.75 Å². The Morgan fingerprint density at radius 2 is 2.00 bits per heavy atom. The van der Waals surface area contributed by atoms with Gasteiger partial charge in [0.05, 0.1) is 0 Å². The predicted molar refractivity (Wildman–Crippen MR) is 62.3 cm³/mol. The molecule has 0 radical (unpaired) electrons. The molecule has 0 atom stereocenters. The molecule has 0 saturated carbocycles. The molecule has 0 bridgehead atoms. The molecule has 0 aliphatic heterocycles. The van der Waals surface area contributed by atoms with Gasteiger partial charge in [0, 0.05) is 12.7 Å². The highest BCUT2D eigenvalue weighted by molar-refractivity contribution is 8.02. The van der Waals surface area contributed by atoms with Crippen molar-refractivity contribution < 1.29 is 13.9 Å². The van der Waals surface area contributed by atoms with Crippen LogP contribution >= 0.6 is 11.8 Å². The first kappa shape index (κ1) is 14.2. The monoisotopic (exact) mass is 232 g/mol. The molecule has 15 heavy (non-hydrogen) atoms. The Morgan fingerprint density at radius 3 is 2.53 bits per heavy atom. The Labute approximate surface area is 94.6 Å². The average molecular weight is 232 g/mol. The Morgan fingerprint density at radius 1 is 1.33 bits per heavy atom. The standard InChI is InChI=1S/C11H17FO2S/c1-9(2)5-4-8-15-11(12)6-7-14-10(3)13/h5-6H,4,7-8H2,1-3H3. The van der Waals surface area contributed by atoms with Gasteiger partial charge in [0.25, 0.3) is 0 Å². The molecule has 86 valence electrons. The molecule has 0 aromatic rings. The lowest BCUT2D eigenvalue weighted by Crippen LogP contribution is -1.97. The number of halogens is 1. The van der Waals surface area contributed by atoms with Crippen LogP contribution in [0.1, 0.15) is 27.2 Å². The van der Waals surface area contributed by atoms with E-state index < -0.39 is 5.97 Å². The number of thioether (sulfide) groups is 1. The van der Waals surface area contributed by atoms with Gasteiger partial charge in [-0.2, -0.15) is 4.39 Å². The van der Waals surface area contributed by atoms with Crippen molar-refractivity contribution in [3.05, 3.63) is 22.9 Å². The first-order chi connectivity index (χ1) is 7.02. The maximum absolute atomic E-state index is 13.0. The molecule has 4 heteroatoms. The van der Waals surface area contributed by atoms with Gasteiger partial charge in [0.2, 0.25) is 0 Å². The topological polar surface area (TPSA) is 26.3 Å². The van der Waals surface area contributed by atoms with E-state index in [1.54, 1.807) is 0 Å². The van der Waals surface area contributed by atoms with E-state index in [1.807, 2.05) is 13.8 Å². The number of hydrogen-bond donors (Lipinski definition) is 0. The van der Waals surface area contributed by atoms with Crippen molar-refractivity contribution in [1.82, 2.24) is 0 Å². The molecule has 0 aliphatic carbocycles. The summed E-state index contributed by atoms with van der Waals surface area (Å²) < 4.78 is 17.6. The van der Waals surface area contributed by atoms with E-state index >= 15 is 0 Å². The molecule has 0 aromatic heterocycles. The summed E-state index contributed by atoms with van der Waals surface area (Å²) in [5.41, 5.74) is 1.24. The molecule has 2 nitrogen and oxygen atoms in total. The third-order valence-corrected chi connectivity index (χ3v) is 2.32. The van der Waals surface area contributed by atoms with Crippen LogP contribution in [0.5, 0.6) is 0 Å². The number of rotatable bonds is 6. The van der Waals surface area contributed by atoms with Crippen LogP contribution in [0, 0.1) is 0 Å². The fraction of sp³-hybridized carbons (Fsp3) is 0.545. The lowest BCUT2D eigenvalue weighted by molar-refractivity contribution is -0.139. The second kappa shape index (κ2) is 8.53.